The Morgan fingerprint density at radius 3 is 2.12 bits per heavy atom. The maximum absolute atomic E-state index is 10.9. The second-order valence-electron chi connectivity index (χ2n) is 3.25. The van der Waals surface area contributed by atoms with Crippen molar-refractivity contribution in [1.82, 2.24) is 4.98 Å². The third-order valence-corrected chi connectivity index (χ3v) is 2.05. The lowest BCUT2D eigenvalue weighted by molar-refractivity contribution is 0.253. The summed E-state index contributed by atoms with van der Waals surface area (Å²) >= 11 is 0. The van der Waals surface area contributed by atoms with Gasteiger partial charge < -0.3 is 11.5 Å². The number of pyridine rings is 1. The summed E-state index contributed by atoms with van der Waals surface area (Å²) < 4.78 is 0. The van der Waals surface area contributed by atoms with Crippen molar-refractivity contribution in [3.8, 4) is 0 Å². The molecule has 4 amide bonds. The maximum Gasteiger partial charge on any atom is 0.335 e. The smallest absolute Gasteiger partial charge is 0.335 e. The predicted molar refractivity (Wildman–Crippen MR) is 61.5 cm³/mol. The number of carbonyl (C=O) groups is 2. The van der Waals surface area contributed by atoms with Crippen LogP contribution in [0.4, 0.5) is 21.1 Å². The molecular formula is C8H13N7O2. The SMILES string of the molecule is Cc1cc(N(N)C(N)=O)ncc1N(N)C(N)=O. The van der Waals surface area contributed by atoms with Crippen LogP contribution in [0.15, 0.2) is 12.3 Å². The average molecular weight is 239 g/mol. The molecule has 0 unspecified atom stereocenters. The molecule has 0 saturated carbocycles. The normalized spacial score (nSPS) is 9.82. The number of aryl methyl sites for hydroxylation is 1. The van der Waals surface area contributed by atoms with Gasteiger partial charge >= 0.3 is 12.1 Å². The largest absolute Gasteiger partial charge is 0.350 e. The van der Waals surface area contributed by atoms with Gasteiger partial charge in [0, 0.05) is 0 Å². The van der Waals surface area contributed by atoms with Gasteiger partial charge in [0.25, 0.3) is 0 Å². The third kappa shape index (κ3) is 2.59. The van der Waals surface area contributed by atoms with Crippen molar-refractivity contribution in [2.45, 2.75) is 6.92 Å². The molecule has 0 fully saturated rings. The highest BCUT2D eigenvalue weighted by molar-refractivity contribution is 5.91. The van der Waals surface area contributed by atoms with Crippen LogP contribution in [0.3, 0.4) is 0 Å². The lowest BCUT2D eigenvalue weighted by atomic mass is 10.2. The van der Waals surface area contributed by atoms with Gasteiger partial charge in [0.1, 0.15) is 0 Å². The molecule has 0 radical (unpaired) electrons. The highest BCUT2D eigenvalue weighted by Crippen LogP contribution is 2.20. The summed E-state index contributed by atoms with van der Waals surface area (Å²) in [5, 5.41) is 1.40. The van der Waals surface area contributed by atoms with Gasteiger partial charge in [-0.1, -0.05) is 0 Å². The van der Waals surface area contributed by atoms with Crippen LogP contribution in [0.1, 0.15) is 5.56 Å². The van der Waals surface area contributed by atoms with Crippen LogP contribution in [0.5, 0.6) is 0 Å². The van der Waals surface area contributed by atoms with Crippen molar-refractivity contribution < 1.29 is 9.59 Å². The Kier molecular flexibility index (Phi) is 3.46. The molecule has 0 bridgehead atoms. The van der Waals surface area contributed by atoms with E-state index in [1.807, 2.05) is 0 Å². The van der Waals surface area contributed by atoms with Crippen molar-refractivity contribution in [3.05, 3.63) is 17.8 Å². The van der Waals surface area contributed by atoms with Crippen molar-refractivity contribution in [2.75, 3.05) is 10.0 Å². The number of rotatable bonds is 2. The Hall–Kier alpha value is -2.39. The highest BCUT2D eigenvalue weighted by Gasteiger charge is 2.14. The number of aromatic nitrogens is 1. The second kappa shape index (κ2) is 4.63. The van der Waals surface area contributed by atoms with Gasteiger partial charge in [-0.3, -0.25) is 0 Å². The highest BCUT2D eigenvalue weighted by atomic mass is 16.2. The standard InChI is InChI=1S/C8H13N7O2/c1-4-2-6(15(12)8(10)17)13-3-5(4)14(11)7(9)16/h2-3H,11-12H2,1H3,(H2,9,16)(H2,10,17). The molecule has 0 aliphatic carbocycles. The van der Waals surface area contributed by atoms with E-state index < -0.39 is 12.1 Å². The Morgan fingerprint density at radius 2 is 1.71 bits per heavy atom. The molecule has 9 heteroatoms. The zero-order valence-electron chi connectivity index (χ0n) is 9.12. The van der Waals surface area contributed by atoms with E-state index in [2.05, 4.69) is 4.98 Å². The van der Waals surface area contributed by atoms with E-state index in [0.717, 1.165) is 5.01 Å². The summed E-state index contributed by atoms with van der Waals surface area (Å²) in [6.45, 7) is 1.65. The molecule has 0 saturated heterocycles. The number of amides is 4. The molecule has 0 atom stereocenters. The topological polar surface area (TPSA) is 158 Å². The average Bonchev–Trinajstić information content (AvgIpc) is 2.26. The number of urea groups is 2. The van der Waals surface area contributed by atoms with Crippen LogP contribution in [0, 0.1) is 6.92 Å². The molecule has 1 heterocycles. The van der Waals surface area contributed by atoms with E-state index in [9.17, 15) is 9.59 Å². The lowest BCUT2D eigenvalue weighted by Crippen LogP contribution is -2.43. The van der Waals surface area contributed by atoms with Gasteiger partial charge in [-0.25, -0.2) is 36.3 Å². The van der Waals surface area contributed by atoms with Crippen LogP contribution < -0.4 is 33.2 Å². The number of nitrogens with two attached hydrogens (primary N) is 4. The summed E-state index contributed by atoms with van der Waals surface area (Å²) in [7, 11) is 0. The molecule has 1 aromatic rings. The molecule has 92 valence electrons. The van der Waals surface area contributed by atoms with E-state index in [-0.39, 0.29) is 5.82 Å². The number of hydrogen-bond acceptors (Lipinski definition) is 5. The molecule has 1 aromatic heterocycles. The Morgan fingerprint density at radius 1 is 1.18 bits per heavy atom. The molecule has 9 nitrogen and oxygen atoms in total. The Labute approximate surface area is 96.9 Å². The van der Waals surface area contributed by atoms with Crippen LogP contribution in [0.2, 0.25) is 0 Å². The molecule has 8 N–H and O–H groups in total. The zero-order chi connectivity index (χ0) is 13.2. The summed E-state index contributed by atoms with van der Waals surface area (Å²) in [6, 6.07) is -0.241. The van der Waals surface area contributed by atoms with E-state index in [1.54, 1.807) is 6.92 Å². The van der Waals surface area contributed by atoms with Crippen LogP contribution in [-0.2, 0) is 0 Å². The quantitative estimate of drug-likeness (QED) is 0.293. The summed E-state index contributed by atoms with van der Waals surface area (Å²) in [6.07, 6.45) is 1.26. The fourth-order valence-corrected chi connectivity index (χ4v) is 1.15. The van der Waals surface area contributed by atoms with Crippen LogP contribution in [-0.4, -0.2) is 17.0 Å². The number of nitrogens with zero attached hydrogens (tertiary/aromatic N) is 3. The van der Waals surface area contributed by atoms with Gasteiger partial charge in [0.2, 0.25) is 0 Å². The second-order valence-corrected chi connectivity index (χ2v) is 3.25. The van der Waals surface area contributed by atoms with Crippen LogP contribution >= 0.6 is 0 Å². The van der Waals surface area contributed by atoms with Gasteiger partial charge in [-0.2, -0.15) is 0 Å². The van der Waals surface area contributed by atoms with Crippen molar-refractivity contribution in [1.29, 1.82) is 0 Å². The van der Waals surface area contributed by atoms with Crippen molar-refractivity contribution in [2.24, 2.45) is 23.2 Å². The molecule has 0 aliphatic heterocycles. The molecule has 17 heavy (non-hydrogen) atoms. The minimum Gasteiger partial charge on any atom is -0.350 e. The zero-order valence-corrected chi connectivity index (χ0v) is 9.12. The predicted octanol–water partition coefficient (Wildman–Crippen LogP) is -1.09. The molecule has 0 aromatic carbocycles. The number of hydrazine groups is 2. The van der Waals surface area contributed by atoms with Gasteiger partial charge in [0.05, 0.1) is 11.9 Å². The number of carbonyl (C=O) groups excluding carboxylic acids is 2. The fourth-order valence-electron chi connectivity index (χ4n) is 1.15. The lowest BCUT2D eigenvalue weighted by Gasteiger charge is -2.18. The monoisotopic (exact) mass is 239 g/mol. The number of hydrogen-bond donors (Lipinski definition) is 4. The van der Waals surface area contributed by atoms with E-state index in [4.69, 9.17) is 23.2 Å². The minimum absolute atomic E-state index is 0.136. The third-order valence-electron chi connectivity index (χ3n) is 2.05. The molecular weight excluding hydrogens is 226 g/mol. The first-order valence-corrected chi connectivity index (χ1v) is 4.49. The maximum atomic E-state index is 10.9. The molecule has 0 aliphatic rings. The Balaban J connectivity index is 3.10. The van der Waals surface area contributed by atoms with Crippen LogP contribution in [0.25, 0.3) is 0 Å². The summed E-state index contributed by atoms with van der Waals surface area (Å²) in [5.41, 5.74) is 10.9. The first kappa shape index (κ1) is 12.7. The summed E-state index contributed by atoms with van der Waals surface area (Å²) in [5.74, 6) is 10.9. The first-order chi connectivity index (χ1) is 7.84. The van der Waals surface area contributed by atoms with Crippen molar-refractivity contribution >= 4 is 23.6 Å². The number of anilines is 2. The molecule has 1 rings (SSSR count). The van der Waals surface area contributed by atoms with E-state index in [1.165, 1.54) is 12.3 Å². The molecule has 0 spiro atoms. The van der Waals surface area contributed by atoms with Gasteiger partial charge in [-0.05, 0) is 18.6 Å². The first-order valence-electron chi connectivity index (χ1n) is 4.49. The van der Waals surface area contributed by atoms with Gasteiger partial charge in [0.15, 0.2) is 5.82 Å². The van der Waals surface area contributed by atoms with E-state index >= 15 is 0 Å². The minimum atomic E-state index is -0.857. The fraction of sp³-hybridized carbons (Fsp3) is 0.125. The summed E-state index contributed by atoms with van der Waals surface area (Å²) in [4.78, 5) is 25.5. The Bertz CT molecular complexity index is 461. The number of primary amides is 2. The van der Waals surface area contributed by atoms with E-state index in [0.29, 0.717) is 16.3 Å². The van der Waals surface area contributed by atoms with Crippen molar-refractivity contribution in [3.63, 3.8) is 0 Å². The van der Waals surface area contributed by atoms with Gasteiger partial charge in [-0.15, -0.1) is 0 Å².